The third-order valence-electron chi connectivity index (χ3n) is 9.68. The minimum atomic E-state index is -0.0221. The molecule has 0 bridgehead atoms. The molecule has 0 aliphatic rings. The van der Waals surface area contributed by atoms with Crippen LogP contribution in [0.2, 0.25) is 0 Å². The molecule has 5 nitrogen and oxygen atoms in total. The van der Waals surface area contributed by atoms with E-state index in [1.54, 1.807) is 6.33 Å². The fourth-order valence-corrected chi connectivity index (χ4v) is 6.61. The first-order valence-electron chi connectivity index (χ1n) is 18.1. The fourth-order valence-electron chi connectivity index (χ4n) is 6.61. The SMILES string of the molecule is CCC(CC)C(=O)/C=C(\O)C(CC)CC.Cc1cc2[c-]c(-c3ncnc4c3oc3cc(CC(C)(C)C)ccc34)cc(C(C)(C)C)c2cc1C.[Ir]. The normalized spacial score (nSPS) is 12.5. The van der Waals surface area contributed by atoms with Gasteiger partial charge in [-0.05, 0) is 74.5 Å². The summed E-state index contributed by atoms with van der Waals surface area (Å²) < 4.78 is 6.43. The molecule has 6 heteroatoms. The zero-order valence-electron chi connectivity index (χ0n) is 32.3. The molecule has 1 N–H and O–H groups in total. The summed E-state index contributed by atoms with van der Waals surface area (Å²) in [5.74, 6) is 0.547. The van der Waals surface area contributed by atoms with Gasteiger partial charge < -0.3 is 9.52 Å². The minimum Gasteiger partial charge on any atom is -0.512 e. The predicted octanol–water partition coefficient (Wildman–Crippen LogP) is 12.4. The Labute approximate surface area is 313 Å². The molecule has 0 atom stereocenters. The van der Waals surface area contributed by atoms with Gasteiger partial charge in [0, 0.05) is 43.4 Å². The van der Waals surface area contributed by atoms with E-state index in [4.69, 9.17) is 4.42 Å². The van der Waals surface area contributed by atoms with Gasteiger partial charge in [-0.1, -0.05) is 103 Å². The van der Waals surface area contributed by atoms with E-state index in [2.05, 4.69) is 108 Å². The van der Waals surface area contributed by atoms with Gasteiger partial charge in [-0.3, -0.25) is 9.78 Å². The van der Waals surface area contributed by atoms with Crippen LogP contribution in [0.4, 0.5) is 0 Å². The average Bonchev–Trinajstić information content (AvgIpc) is 3.39. The second kappa shape index (κ2) is 16.8. The van der Waals surface area contributed by atoms with Crippen molar-refractivity contribution >= 4 is 38.6 Å². The minimum absolute atomic E-state index is 0. The van der Waals surface area contributed by atoms with Crippen LogP contribution >= 0.6 is 0 Å². The number of aliphatic hydroxyl groups is 1. The Hall–Kier alpha value is -3.34. The number of furan rings is 1. The Balaban J connectivity index is 0.000000361. The van der Waals surface area contributed by atoms with Crippen molar-refractivity contribution in [3.8, 4) is 11.3 Å². The van der Waals surface area contributed by atoms with Crippen LogP contribution in [0.3, 0.4) is 0 Å². The van der Waals surface area contributed by atoms with Crippen LogP contribution in [0.25, 0.3) is 44.1 Å². The molecular weight excluding hydrogens is 797 g/mol. The first-order chi connectivity index (χ1) is 23.0. The van der Waals surface area contributed by atoms with Crippen molar-refractivity contribution in [2.24, 2.45) is 17.3 Å². The molecule has 0 saturated heterocycles. The molecule has 5 rings (SSSR count). The fraction of sp³-hybridized carbons (Fsp3) is 0.477. The van der Waals surface area contributed by atoms with E-state index < -0.39 is 0 Å². The van der Waals surface area contributed by atoms with Crippen LogP contribution in [0, 0.1) is 37.2 Å². The number of ketones is 1. The van der Waals surface area contributed by atoms with E-state index in [1.165, 1.54) is 33.7 Å². The average molecular weight is 854 g/mol. The zero-order valence-corrected chi connectivity index (χ0v) is 34.7. The van der Waals surface area contributed by atoms with Crippen molar-refractivity contribution in [3.63, 3.8) is 0 Å². The zero-order chi connectivity index (χ0) is 36.3. The van der Waals surface area contributed by atoms with Gasteiger partial charge in [-0.15, -0.1) is 29.1 Å². The summed E-state index contributed by atoms with van der Waals surface area (Å²) in [6.45, 7) is 25.9. The van der Waals surface area contributed by atoms with Crippen LogP contribution in [0.5, 0.6) is 0 Å². The monoisotopic (exact) mass is 854 g/mol. The van der Waals surface area contributed by atoms with Crippen LogP contribution < -0.4 is 0 Å². The summed E-state index contributed by atoms with van der Waals surface area (Å²) in [6.07, 6.45) is 7.54. The summed E-state index contributed by atoms with van der Waals surface area (Å²) >= 11 is 0. The molecular formula is C44H57IrN2O3-. The molecule has 271 valence electrons. The molecule has 0 fully saturated rings. The van der Waals surface area contributed by atoms with Gasteiger partial charge in [0.2, 0.25) is 0 Å². The molecule has 1 radical (unpaired) electrons. The maximum Gasteiger partial charge on any atom is 0.162 e. The van der Waals surface area contributed by atoms with Gasteiger partial charge in [0.1, 0.15) is 23.0 Å². The van der Waals surface area contributed by atoms with E-state index >= 15 is 0 Å². The molecule has 0 saturated carbocycles. The summed E-state index contributed by atoms with van der Waals surface area (Å²) in [6, 6.07) is 16.9. The second-order valence-corrected chi connectivity index (χ2v) is 15.9. The third-order valence-corrected chi connectivity index (χ3v) is 9.68. The molecule has 2 heterocycles. The quantitative estimate of drug-likeness (QED) is 0.0908. The Kier molecular flexibility index (Phi) is 13.8. The molecule has 2 aromatic heterocycles. The molecule has 0 aliphatic carbocycles. The Morgan fingerprint density at radius 3 is 2.06 bits per heavy atom. The summed E-state index contributed by atoms with van der Waals surface area (Å²) in [7, 11) is 0. The van der Waals surface area contributed by atoms with E-state index in [-0.39, 0.29) is 54.3 Å². The van der Waals surface area contributed by atoms with Gasteiger partial charge in [-0.2, -0.15) is 0 Å². The first-order valence-corrected chi connectivity index (χ1v) is 18.1. The molecule has 50 heavy (non-hydrogen) atoms. The molecule has 5 aromatic rings. The summed E-state index contributed by atoms with van der Waals surface area (Å²) in [5.41, 5.74) is 9.50. The number of carbonyl (C=O) groups excluding carboxylic acids is 1. The molecule has 3 aromatic carbocycles. The van der Waals surface area contributed by atoms with Crippen molar-refractivity contribution in [1.29, 1.82) is 0 Å². The molecule has 0 spiro atoms. The van der Waals surface area contributed by atoms with Crippen LogP contribution in [-0.2, 0) is 36.7 Å². The van der Waals surface area contributed by atoms with Gasteiger partial charge in [0.15, 0.2) is 5.78 Å². The van der Waals surface area contributed by atoms with Crippen molar-refractivity contribution in [3.05, 3.63) is 82.9 Å². The molecule has 0 aliphatic heterocycles. The Bertz CT molecular complexity index is 1970. The maximum atomic E-state index is 11.7. The number of fused-ring (bicyclic) bond motifs is 4. The van der Waals surface area contributed by atoms with Gasteiger partial charge in [0.05, 0.1) is 11.5 Å². The first kappa shape index (κ1) is 41.1. The van der Waals surface area contributed by atoms with Crippen LogP contribution in [0.15, 0.2) is 59.0 Å². The van der Waals surface area contributed by atoms with Crippen LogP contribution in [0.1, 0.15) is 117 Å². The predicted molar refractivity (Wildman–Crippen MR) is 206 cm³/mol. The third kappa shape index (κ3) is 9.50. The number of aliphatic hydroxyl groups excluding tert-OH is 1. The van der Waals surface area contributed by atoms with Gasteiger partial charge >= 0.3 is 0 Å². The van der Waals surface area contributed by atoms with Crippen molar-refractivity contribution in [2.45, 2.75) is 121 Å². The van der Waals surface area contributed by atoms with Crippen molar-refractivity contribution in [2.75, 3.05) is 0 Å². The van der Waals surface area contributed by atoms with Gasteiger partial charge in [-0.25, -0.2) is 4.98 Å². The van der Waals surface area contributed by atoms with E-state index in [0.717, 1.165) is 70.8 Å². The number of hydrogen-bond donors (Lipinski definition) is 1. The van der Waals surface area contributed by atoms with E-state index in [1.807, 2.05) is 27.7 Å². The summed E-state index contributed by atoms with van der Waals surface area (Å²) in [5, 5.41) is 13.1. The van der Waals surface area contributed by atoms with E-state index in [0.29, 0.717) is 0 Å². The number of hydrogen-bond acceptors (Lipinski definition) is 5. The number of aryl methyl sites for hydroxylation is 2. The maximum absolute atomic E-state index is 11.7. The van der Waals surface area contributed by atoms with Crippen LogP contribution in [-0.4, -0.2) is 20.9 Å². The van der Waals surface area contributed by atoms with Gasteiger partial charge in [0.25, 0.3) is 0 Å². The largest absolute Gasteiger partial charge is 0.512 e. The number of aromatic nitrogens is 2. The van der Waals surface area contributed by atoms with Crippen molar-refractivity contribution < 1.29 is 34.4 Å². The van der Waals surface area contributed by atoms with E-state index in [9.17, 15) is 9.90 Å². The second-order valence-electron chi connectivity index (χ2n) is 15.9. The summed E-state index contributed by atoms with van der Waals surface area (Å²) in [4.78, 5) is 21.0. The smallest absolute Gasteiger partial charge is 0.162 e. The standard InChI is InChI=1S/C31H33N2O.C13H24O2.Ir/c1-18-11-21-14-22(15-25(31(6,7)8)24(21)12-19(18)2)27-29-28(33-17-32-27)23-10-9-20(13-26(23)34-29)16-30(3,4)5;1-5-10(6-2)12(14)9-13(15)11(7-3)8-4;/h9-13,15,17H,16H2,1-8H3;9-11,14H,5-8H2,1-4H3;/q-1;;/b;12-9-;. The van der Waals surface area contributed by atoms with Crippen molar-refractivity contribution in [1.82, 2.24) is 9.97 Å². The molecule has 0 amide bonds. The number of nitrogens with zero attached hydrogens (tertiary/aromatic N) is 2. The molecule has 0 unspecified atom stereocenters. The number of benzene rings is 3. The number of carbonyl (C=O) groups is 1. The number of allylic oxidation sites excluding steroid dienone is 2. The number of rotatable bonds is 9. The Morgan fingerprint density at radius 1 is 0.860 bits per heavy atom. The Morgan fingerprint density at radius 2 is 1.48 bits per heavy atom. The topological polar surface area (TPSA) is 76.2 Å².